The van der Waals surface area contributed by atoms with E-state index >= 15 is 0 Å². The van der Waals surface area contributed by atoms with Gasteiger partial charge in [0.2, 0.25) is 0 Å². The van der Waals surface area contributed by atoms with Crippen molar-refractivity contribution >= 4 is 5.97 Å². The van der Waals surface area contributed by atoms with E-state index in [0.717, 1.165) is 19.0 Å². The Hall–Kier alpha value is -1.35. The molecular weight excluding hydrogens is 238 g/mol. The zero-order valence-corrected chi connectivity index (χ0v) is 11.9. The van der Waals surface area contributed by atoms with Crippen LogP contribution in [0.5, 0.6) is 0 Å². The monoisotopic (exact) mass is 261 g/mol. The molecule has 1 aromatic rings. The Morgan fingerprint density at radius 3 is 2.47 bits per heavy atom. The number of benzene rings is 1. The van der Waals surface area contributed by atoms with E-state index in [4.69, 9.17) is 4.74 Å². The highest BCUT2D eigenvalue weighted by Crippen LogP contribution is 2.27. The highest BCUT2D eigenvalue weighted by Gasteiger charge is 2.20. The molecule has 0 amide bonds. The molecule has 0 N–H and O–H groups in total. The minimum Gasteiger partial charge on any atom is -0.465 e. The molecule has 2 rings (SSSR count). The van der Waals surface area contributed by atoms with E-state index in [0.29, 0.717) is 5.56 Å². The van der Waals surface area contributed by atoms with Crippen LogP contribution in [0.25, 0.3) is 0 Å². The molecule has 1 fully saturated rings. The van der Waals surface area contributed by atoms with E-state index < -0.39 is 0 Å². The van der Waals surface area contributed by atoms with Gasteiger partial charge in [0.15, 0.2) is 0 Å². The standard InChI is InChI=1S/C16H23NO2/c1-3-17(11-13-5-4-6-13)12-14-7-9-15(10-8-14)16(18)19-2/h7-10,13H,3-6,11-12H2,1-2H3. The number of hydrogen-bond donors (Lipinski definition) is 0. The van der Waals surface area contributed by atoms with Crippen molar-refractivity contribution in [1.82, 2.24) is 4.90 Å². The van der Waals surface area contributed by atoms with Gasteiger partial charge in [0.05, 0.1) is 12.7 Å². The molecule has 0 bridgehead atoms. The van der Waals surface area contributed by atoms with Gasteiger partial charge >= 0.3 is 5.97 Å². The van der Waals surface area contributed by atoms with Crippen molar-refractivity contribution in [1.29, 1.82) is 0 Å². The predicted molar refractivity (Wildman–Crippen MR) is 76.1 cm³/mol. The maximum Gasteiger partial charge on any atom is 0.337 e. The van der Waals surface area contributed by atoms with Crippen LogP contribution in [0.15, 0.2) is 24.3 Å². The molecule has 0 radical (unpaired) electrons. The Labute approximate surface area is 115 Å². The van der Waals surface area contributed by atoms with Crippen molar-refractivity contribution in [3.05, 3.63) is 35.4 Å². The fraction of sp³-hybridized carbons (Fsp3) is 0.562. The highest BCUT2D eigenvalue weighted by molar-refractivity contribution is 5.89. The zero-order valence-electron chi connectivity index (χ0n) is 11.9. The Morgan fingerprint density at radius 1 is 1.32 bits per heavy atom. The summed E-state index contributed by atoms with van der Waals surface area (Å²) < 4.78 is 4.70. The molecule has 0 atom stereocenters. The molecule has 1 aliphatic carbocycles. The molecule has 0 saturated heterocycles. The van der Waals surface area contributed by atoms with Gasteiger partial charge < -0.3 is 4.74 Å². The lowest BCUT2D eigenvalue weighted by Gasteiger charge is -2.31. The largest absolute Gasteiger partial charge is 0.465 e. The van der Waals surface area contributed by atoms with Gasteiger partial charge in [-0.1, -0.05) is 25.5 Å². The number of carbonyl (C=O) groups is 1. The molecule has 19 heavy (non-hydrogen) atoms. The van der Waals surface area contributed by atoms with Crippen LogP contribution in [0.3, 0.4) is 0 Å². The van der Waals surface area contributed by atoms with Gasteiger partial charge in [0.25, 0.3) is 0 Å². The van der Waals surface area contributed by atoms with E-state index in [1.165, 1.54) is 38.5 Å². The second kappa shape index (κ2) is 6.71. The SMILES string of the molecule is CCN(Cc1ccc(C(=O)OC)cc1)CC1CCC1. The van der Waals surface area contributed by atoms with E-state index in [1.807, 2.05) is 24.3 Å². The van der Waals surface area contributed by atoms with Crippen molar-refractivity contribution in [2.24, 2.45) is 5.92 Å². The molecule has 1 aromatic carbocycles. The van der Waals surface area contributed by atoms with Crippen LogP contribution in [0.2, 0.25) is 0 Å². The number of esters is 1. The van der Waals surface area contributed by atoms with Gasteiger partial charge in [0, 0.05) is 13.1 Å². The van der Waals surface area contributed by atoms with Gasteiger partial charge in [-0.15, -0.1) is 0 Å². The molecule has 0 spiro atoms. The summed E-state index contributed by atoms with van der Waals surface area (Å²) in [7, 11) is 1.41. The number of carbonyl (C=O) groups excluding carboxylic acids is 1. The van der Waals surface area contributed by atoms with Gasteiger partial charge in [-0.05, 0) is 43.0 Å². The van der Waals surface area contributed by atoms with Gasteiger partial charge in [-0.25, -0.2) is 4.79 Å². The first kappa shape index (κ1) is 14.1. The summed E-state index contributed by atoms with van der Waals surface area (Å²) in [6.45, 7) is 5.46. The van der Waals surface area contributed by atoms with Gasteiger partial charge in [0.1, 0.15) is 0 Å². The number of methoxy groups -OCH3 is 1. The Morgan fingerprint density at radius 2 is 2.00 bits per heavy atom. The number of ether oxygens (including phenoxy) is 1. The summed E-state index contributed by atoms with van der Waals surface area (Å²) in [5.41, 5.74) is 1.88. The van der Waals surface area contributed by atoms with Crippen LogP contribution >= 0.6 is 0 Å². The summed E-state index contributed by atoms with van der Waals surface area (Å²) in [6.07, 6.45) is 4.17. The fourth-order valence-corrected chi connectivity index (χ4v) is 2.47. The molecule has 3 heteroatoms. The Kier molecular flexibility index (Phi) is 4.97. The third kappa shape index (κ3) is 3.80. The number of rotatable bonds is 6. The van der Waals surface area contributed by atoms with Crippen LogP contribution in [0, 0.1) is 5.92 Å². The number of hydrogen-bond acceptors (Lipinski definition) is 3. The second-order valence-corrected chi connectivity index (χ2v) is 5.31. The molecule has 1 aliphatic rings. The third-order valence-electron chi connectivity index (χ3n) is 3.97. The number of nitrogens with zero attached hydrogens (tertiary/aromatic N) is 1. The van der Waals surface area contributed by atoms with Crippen molar-refractivity contribution in [2.45, 2.75) is 32.7 Å². The molecule has 1 saturated carbocycles. The predicted octanol–water partition coefficient (Wildman–Crippen LogP) is 3.10. The Balaban J connectivity index is 1.91. The van der Waals surface area contributed by atoms with Crippen molar-refractivity contribution < 1.29 is 9.53 Å². The van der Waals surface area contributed by atoms with E-state index in [2.05, 4.69) is 11.8 Å². The smallest absolute Gasteiger partial charge is 0.337 e. The summed E-state index contributed by atoms with van der Waals surface area (Å²) in [6, 6.07) is 7.74. The molecule has 0 aromatic heterocycles. The second-order valence-electron chi connectivity index (χ2n) is 5.31. The summed E-state index contributed by atoms with van der Waals surface area (Å²) in [5.74, 6) is 0.627. The van der Waals surface area contributed by atoms with Crippen LogP contribution < -0.4 is 0 Å². The molecule has 0 aliphatic heterocycles. The Bertz CT molecular complexity index is 409. The average molecular weight is 261 g/mol. The first-order valence-corrected chi connectivity index (χ1v) is 7.12. The summed E-state index contributed by atoms with van der Waals surface area (Å²) in [5, 5.41) is 0. The van der Waals surface area contributed by atoms with E-state index in [-0.39, 0.29) is 5.97 Å². The van der Waals surface area contributed by atoms with Crippen molar-refractivity contribution in [2.75, 3.05) is 20.2 Å². The maximum atomic E-state index is 11.4. The van der Waals surface area contributed by atoms with E-state index in [9.17, 15) is 4.79 Å². The molecule has 0 heterocycles. The average Bonchev–Trinajstić information content (AvgIpc) is 2.41. The summed E-state index contributed by atoms with van der Waals surface area (Å²) >= 11 is 0. The molecular formula is C16H23NO2. The maximum absolute atomic E-state index is 11.4. The normalized spacial score (nSPS) is 15.3. The lowest BCUT2D eigenvalue weighted by Crippen LogP contribution is -2.32. The minimum atomic E-state index is -0.270. The van der Waals surface area contributed by atoms with Crippen molar-refractivity contribution in [3.8, 4) is 0 Å². The summed E-state index contributed by atoms with van der Waals surface area (Å²) in [4.78, 5) is 13.8. The molecule has 3 nitrogen and oxygen atoms in total. The quantitative estimate of drug-likeness (QED) is 0.737. The lowest BCUT2D eigenvalue weighted by molar-refractivity contribution is 0.0600. The zero-order chi connectivity index (χ0) is 13.7. The minimum absolute atomic E-state index is 0.270. The van der Waals surface area contributed by atoms with Gasteiger partial charge in [-0.3, -0.25) is 4.90 Å². The topological polar surface area (TPSA) is 29.5 Å². The molecule has 0 unspecified atom stereocenters. The van der Waals surface area contributed by atoms with Crippen LogP contribution in [-0.2, 0) is 11.3 Å². The van der Waals surface area contributed by atoms with E-state index in [1.54, 1.807) is 0 Å². The van der Waals surface area contributed by atoms with Crippen LogP contribution in [0.4, 0.5) is 0 Å². The van der Waals surface area contributed by atoms with Crippen LogP contribution in [-0.4, -0.2) is 31.1 Å². The third-order valence-corrected chi connectivity index (χ3v) is 3.97. The molecule has 104 valence electrons. The lowest BCUT2D eigenvalue weighted by atomic mass is 9.85. The van der Waals surface area contributed by atoms with Crippen molar-refractivity contribution in [3.63, 3.8) is 0 Å². The van der Waals surface area contributed by atoms with Gasteiger partial charge in [-0.2, -0.15) is 0 Å². The fourth-order valence-electron chi connectivity index (χ4n) is 2.47. The highest BCUT2D eigenvalue weighted by atomic mass is 16.5. The first-order valence-electron chi connectivity index (χ1n) is 7.12. The van der Waals surface area contributed by atoms with Crippen LogP contribution in [0.1, 0.15) is 42.1 Å². The first-order chi connectivity index (χ1) is 9.22.